The lowest BCUT2D eigenvalue weighted by Crippen LogP contribution is -2.21. The zero-order valence-electron chi connectivity index (χ0n) is 9.96. The van der Waals surface area contributed by atoms with Gasteiger partial charge in [0.15, 0.2) is 0 Å². The van der Waals surface area contributed by atoms with Gasteiger partial charge in [-0.25, -0.2) is 0 Å². The van der Waals surface area contributed by atoms with Gasteiger partial charge in [-0.15, -0.1) is 0 Å². The number of nitrogens with zero attached hydrogens (tertiary/aromatic N) is 1. The van der Waals surface area contributed by atoms with E-state index < -0.39 is 0 Å². The number of rotatable bonds is 3. The van der Waals surface area contributed by atoms with E-state index in [0.29, 0.717) is 6.42 Å². The first-order valence-corrected chi connectivity index (χ1v) is 6.33. The molecule has 1 aromatic heterocycles. The average molecular weight is 295 g/mol. The zero-order valence-corrected chi connectivity index (χ0v) is 11.5. The van der Waals surface area contributed by atoms with E-state index >= 15 is 0 Å². The van der Waals surface area contributed by atoms with Crippen LogP contribution in [0.5, 0.6) is 0 Å². The van der Waals surface area contributed by atoms with Crippen LogP contribution in [0.3, 0.4) is 0 Å². The molecule has 2 aromatic rings. The number of fused-ring (bicyclic) bond motifs is 1. The van der Waals surface area contributed by atoms with Crippen LogP contribution in [0.4, 0.5) is 0 Å². The molecule has 4 heteroatoms. The number of H-pyrrole nitrogens is 1. The molecule has 0 atom stereocenters. The lowest BCUT2D eigenvalue weighted by Gasteiger charge is -2.09. The van der Waals surface area contributed by atoms with Gasteiger partial charge in [-0.2, -0.15) is 0 Å². The van der Waals surface area contributed by atoms with Gasteiger partial charge >= 0.3 is 0 Å². The molecule has 1 aromatic carbocycles. The molecule has 2 rings (SSSR count). The second kappa shape index (κ2) is 4.92. The molecule has 1 N–H and O–H groups in total. The molecule has 0 radical (unpaired) electrons. The van der Waals surface area contributed by atoms with E-state index in [4.69, 9.17) is 0 Å². The van der Waals surface area contributed by atoms with Gasteiger partial charge in [0.05, 0.1) is 0 Å². The Bertz CT molecular complexity index is 545. The van der Waals surface area contributed by atoms with Crippen molar-refractivity contribution in [3.63, 3.8) is 0 Å². The van der Waals surface area contributed by atoms with E-state index in [1.54, 1.807) is 19.0 Å². The summed E-state index contributed by atoms with van der Waals surface area (Å²) >= 11 is 3.47. The smallest absolute Gasteiger partial charge is 0.222 e. The number of hydrogen-bond donors (Lipinski definition) is 1. The van der Waals surface area contributed by atoms with Crippen LogP contribution in [0.1, 0.15) is 12.0 Å². The number of halogens is 1. The number of amides is 1. The molecular weight excluding hydrogens is 280 g/mol. The molecule has 1 amide bonds. The largest absolute Gasteiger partial charge is 0.361 e. The minimum atomic E-state index is 0.161. The minimum absolute atomic E-state index is 0.161. The van der Waals surface area contributed by atoms with Crippen molar-refractivity contribution >= 4 is 32.7 Å². The lowest BCUT2D eigenvalue weighted by molar-refractivity contribution is -0.128. The van der Waals surface area contributed by atoms with E-state index in [1.807, 2.05) is 18.3 Å². The highest BCUT2D eigenvalue weighted by Gasteiger charge is 2.08. The number of aromatic nitrogens is 1. The van der Waals surface area contributed by atoms with Crippen LogP contribution in [-0.4, -0.2) is 29.9 Å². The summed E-state index contributed by atoms with van der Waals surface area (Å²) in [6.45, 7) is 0. The molecule has 0 unspecified atom stereocenters. The molecule has 0 aliphatic rings. The zero-order chi connectivity index (χ0) is 12.4. The Morgan fingerprint density at radius 1 is 1.41 bits per heavy atom. The third-order valence-electron chi connectivity index (χ3n) is 2.84. The predicted octanol–water partition coefficient (Wildman–Crippen LogP) is 2.95. The Labute approximate surface area is 109 Å². The van der Waals surface area contributed by atoms with Crippen molar-refractivity contribution in [2.75, 3.05) is 14.1 Å². The van der Waals surface area contributed by atoms with E-state index in [2.05, 4.69) is 27.0 Å². The average Bonchev–Trinajstić information content (AvgIpc) is 2.68. The van der Waals surface area contributed by atoms with E-state index in [0.717, 1.165) is 16.4 Å². The highest BCUT2D eigenvalue weighted by atomic mass is 79.9. The fourth-order valence-electron chi connectivity index (χ4n) is 1.82. The number of carbonyl (C=O) groups excluding carboxylic acids is 1. The second-order valence-electron chi connectivity index (χ2n) is 4.29. The summed E-state index contributed by atoms with van der Waals surface area (Å²) in [5.41, 5.74) is 2.30. The molecule has 3 nitrogen and oxygen atoms in total. The predicted molar refractivity (Wildman–Crippen MR) is 73.0 cm³/mol. The second-order valence-corrected chi connectivity index (χ2v) is 5.21. The summed E-state index contributed by atoms with van der Waals surface area (Å²) in [6.07, 6.45) is 3.31. The maximum Gasteiger partial charge on any atom is 0.222 e. The SMILES string of the molecule is CN(C)C(=O)CCc1c[nH]c2ccc(Br)cc12. The first-order valence-electron chi connectivity index (χ1n) is 5.53. The van der Waals surface area contributed by atoms with Crippen molar-refractivity contribution in [1.29, 1.82) is 0 Å². The van der Waals surface area contributed by atoms with Crippen molar-refractivity contribution in [1.82, 2.24) is 9.88 Å². The molecular formula is C13H15BrN2O. The molecule has 0 spiro atoms. The summed E-state index contributed by atoms with van der Waals surface area (Å²) in [6, 6.07) is 6.13. The van der Waals surface area contributed by atoms with Crippen LogP contribution in [0.15, 0.2) is 28.9 Å². The summed E-state index contributed by atoms with van der Waals surface area (Å²) in [4.78, 5) is 16.4. The Morgan fingerprint density at radius 3 is 2.88 bits per heavy atom. The van der Waals surface area contributed by atoms with Crippen LogP contribution >= 0.6 is 15.9 Å². The Kier molecular flexibility index (Phi) is 3.52. The normalized spacial score (nSPS) is 10.8. The van der Waals surface area contributed by atoms with Gasteiger partial charge < -0.3 is 9.88 Å². The topological polar surface area (TPSA) is 36.1 Å². The van der Waals surface area contributed by atoms with Crippen molar-refractivity contribution in [3.05, 3.63) is 34.4 Å². The Balaban J connectivity index is 2.19. The molecule has 0 aliphatic carbocycles. The monoisotopic (exact) mass is 294 g/mol. The molecule has 90 valence electrons. The molecule has 0 aliphatic heterocycles. The molecule has 0 saturated carbocycles. The summed E-state index contributed by atoms with van der Waals surface area (Å²) < 4.78 is 1.06. The minimum Gasteiger partial charge on any atom is -0.361 e. The van der Waals surface area contributed by atoms with Gasteiger partial charge in [0.2, 0.25) is 5.91 Å². The molecule has 0 fully saturated rings. The third kappa shape index (κ3) is 2.69. The van der Waals surface area contributed by atoms with Gasteiger partial charge in [-0.1, -0.05) is 15.9 Å². The summed E-state index contributed by atoms with van der Waals surface area (Å²) in [5.74, 6) is 0.161. The first kappa shape index (κ1) is 12.2. The van der Waals surface area contributed by atoms with Crippen molar-refractivity contribution in [2.45, 2.75) is 12.8 Å². The number of nitrogens with one attached hydrogen (secondary N) is 1. The van der Waals surface area contributed by atoms with Gasteiger partial charge in [0.1, 0.15) is 0 Å². The fraction of sp³-hybridized carbons (Fsp3) is 0.308. The van der Waals surface area contributed by atoms with Crippen LogP contribution in [0.2, 0.25) is 0 Å². The molecule has 0 saturated heterocycles. The van der Waals surface area contributed by atoms with Crippen molar-refractivity contribution < 1.29 is 4.79 Å². The number of hydrogen-bond acceptors (Lipinski definition) is 1. The number of aryl methyl sites for hydroxylation is 1. The maximum absolute atomic E-state index is 11.5. The van der Waals surface area contributed by atoms with E-state index in [-0.39, 0.29) is 5.91 Å². The lowest BCUT2D eigenvalue weighted by atomic mass is 10.1. The van der Waals surface area contributed by atoms with Gasteiger partial charge in [0.25, 0.3) is 0 Å². The van der Waals surface area contributed by atoms with Crippen LogP contribution in [-0.2, 0) is 11.2 Å². The number of carbonyl (C=O) groups is 1. The van der Waals surface area contributed by atoms with Gasteiger partial charge in [-0.3, -0.25) is 4.79 Å². The standard InChI is InChI=1S/C13H15BrN2O/c1-16(2)13(17)6-3-9-8-15-12-5-4-10(14)7-11(9)12/h4-5,7-8,15H,3,6H2,1-2H3. The third-order valence-corrected chi connectivity index (χ3v) is 3.33. The van der Waals surface area contributed by atoms with Crippen molar-refractivity contribution in [3.8, 4) is 0 Å². The highest BCUT2D eigenvalue weighted by molar-refractivity contribution is 9.10. The Morgan fingerprint density at radius 2 is 2.18 bits per heavy atom. The Hall–Kier alpha value is -1.29. The van der Waals surface area contributed by atoms with Gasteiger partial charge in [-0.05, 0) is 30.2 Å². The number of benzene rings is 1. The summed E-state index contributed by atoms with van der Waals surface area (Å²) in [7, 11) is 3.57. The molecule has 1 heterocycles. The maximum atomic E-state index is 11.5. The van der Waals surface area contributed by atoms with E-state index in [1.165, 1.54) is 10.9 Å². The molecule has 17 heavy (non-hydrogen) atoms. The van der Waals surface area contributed by atoms with Crippen molar-refractivity contribution in [2.24, 2.45) is 0 Å². The first-order chi connectivity index (χ1) is 8.08. The summed E-state index contributed by atoms with van der Waals surface area (Å²) in [5, 5.41) is 1.19. The van der Waals surface area contributed by atoms with Gasteiger partial charge in [0, 0.05) is 42.1 Å². The highest BCUT2D eigenvalue weighted by Crippen LogP contribution is 2.23. The number of aromatic amines is 1. The molecule has 0 bridgehead atoms. The van der Waals surface area contributed by atoms with E-state index in [9.17, 15) is 4.79 Å². The van der Waals surface area contributed by atoms with Crippen LogP contribution in [0, 0.1) is 0 Å². The van der Waals surface area contributed by atoms with Crippen LogP contribution in [0.25, 0.3) is 10.9 Å². The quantitative estimate of drug-likeness (QED) is 0.928. The van der Waals surface area contributed by atoms with Crippen LogP contribution < -0.4 is 0 Å². The fourth-order valence-corrected chi connectivity index (χ4v) is 2.18.